The number of hydrogen-bond acceptors (Lipinski definition) is 4. The zero-order chi connectivity index (χ0) is 51.8. The Morgan fingerprint density at radius 3 is 1.34 bits per heavy atom. The van der Waals surface area contributed by atoms with Gasteiger partial charge in [-0.15, -0.1) is 0 Å². The average Bonchev–Trinajstić information content (AvgIpc) is 3.29. The summed E-state index contributed by atoms with van der Waals surface area (Å²) in [5, 5.41) is 11.2. The van der Waals surface area contributed by atoms with E-state index in [0.29, 0.717) is 76.8 Å². The Balaban J connectivity index is 0.000000193. The third kappa shape index (κ3) is 14.6. The van der Waals surface area contributed by atoms with Crippen LogP contribution in [0.1, 0.15) is 133 Å². The van der Waals surface area contributed by atoms with Crippen LogP contribution in [0.25, 0.3) is 22.3 Å². The van der Waals surface area contributed by atoms with Gasteiger partial charge in [0.2, 0.25) is 0 Å². The van der Waals surface area contributed by atoms with Crippen LogP contribution in [0.5, 0.6) is 0 Å². The van der Waals surface area contributed by atoms with Crippen LogP contribution >= 0.6 is 15.9 Å². The molecule has 0 amide bonds. The SMILES string of the molecule is CCCC1CCC(C2CCC(=O)CC2)OC1.CCCC1CCC(C2CCC(O)(c3ccc(-c4cc(F)c(C(F)(F)F)c(F)c4)c(F)c3)CC2)OC1.Fc1cc(Br)ccc1-c1cc(F)c(C(F)(F)F)c(F)c1. The Bertz CT molecular complexity index is 2360. The molecule has 4 aromatic rings. The first-order valence-electron chi connectivity index (χ1n) is 24.4. The van der Waals surface area contributed by atoms with Gasteiger partial charge in [-0.25, -0.2) is 26.3 Å². The largest absolute Gasteiger partial charge is 0.422 e. The molecular formula is C54H59BrF12O4. The lowest BCUT2D eigenvalue weighted by Crippen LogP contribution is -2.38. The van der Waals surface area contributed by atoms with E-state index in [2.05, 4.69) is 29.8 Å². The number of ketones is 1. The molecule has 4 atom stereocenters. The average molecular weight is 1080 g/mol. The maximum absolute atomic E-state index is 14.9. The third-order valence-corrected chi connectivity index (χ3v) is 14.9. The molecule has 2 saturated carbocycles. The molecule has 0 radical (unpaired) electrons. The minimum absolute atomic E-state index is 0.177. The van der Waals surface area contributed by atoms with Crippen molar-refractivity contribution in [1.29, 1.82) is 0 Å². The highest BCUT2D eigenvalue weighted by Gasteiger charge is 2.41. The van der Waals surface area contributed by atoms with Crippen molar-refractivity contribution in [2.24, 2.45) is 23.7 Å². The molecule has 4 aliphatic rings. The van der Waals surface area contributed by atoms with Gasteiger partial charge in [0.25, 0.3) is 0 Å². The second-order valence-corrected chi connectivity index (χ2v) is 20.3. The van der Waals surface area contributed by atoms with E-state index >= 15 is 0 Å². The van der Waals surface area contributed by atoms with Crippen LogP contribution in [0, 0.1) is 58.6 Å². The number of aliphatic hydroxyl groups is 1. The smallest absolute Gasteiger partial charge is 0.385 e. The van der Waals surface area contributed by atoms with E-state index in [0.717, 1.165) is 89.1 Å². The second kappa shape index (κ2) is 24.4. The quantitative estimate of drug-likeness (QED) is 0.170. The number of rotatable bonds is 9. The number of benzene rings is 4. The summed E-state index contributed by atoms with van der Waals surface area (Å²) in [6.45, 7) is 6.16. The molecule has 4 aromatic carbocycles. The number of Topliss-reactive ketones (excluding diaryl/α,β-unsaturated/α-hetero) is 1. The maximum Gasteiger partial charge on any atom is 0.422 e. The Hall–Kier alpha value is -3.93. The molecular weight excluding hydrogens is 1020 g/mol. The van der Waals surface area contributed by atoms with Crippen LogP contribution in [0.15, 0.2) is 65.1 Å². The molecule has 4 unspecified atom stereocenters. The molecule has 2 heterocycles. The molecule has 0 spiro atoms. The minimum Gasteiger partial charge on any atom is -0.385 e. The molecule has 0 aromatic heterocycles. The van der Waals surface area contributed by atoms with Crippen LogP contribution in [-0.2, 0) is 32.2 Å². The Labute approximate surface area is 415 Å². The van der Waals surface area contributed by atoms with E-state index < -0.39 is 64.0 Å². The van der Waals surface area contributed by atoms with Gasteiger partial charge in [-0.2, -0.15) is 26.3 Å². The van der Waals surface area contributed by atoms with Crippen LogP contribution in [0.2, 0.25) is 0 Å². The second-order valence-electron chi connectivity index (χ2n) is 19.4. The zero-order valence-corrected chi connectivity index (χ0v) is 41.1. The van der Waals surface area contributed by atoms with Gasteiger partial charge in [0.05, 0.1) is 17.8 Å². The maximum atomic E-state index is 14.9. The van der Waals surface area contributed by atoms with E-state index in [1.54, 1.807) is 0 Å². The Morgan fingerprint density at radius 1 is 0.563 bits per heavy atom. The van der Waals surface area contributed by atoms with Crippen LogP contribution in [0.3, 0.4) is 0 Å². The van der Waals surface area contributed by atoms with Gasteiger partial charge in [0.15, 0.2) is 0 Å². The highest BCUT2D eigenvalue weighted by Crippen LogP contribution is 2.45. The lowest BCUT2D eigenvalue weighted by Gasteiger charge is -2.41. The monoisotopic (exact) mass is 1080 g/mol. The van der Waals surface area contributed by atoms with Gasteiger partial charge in [-0.05, 0) is 160 Å². The summed E-state index contributed by atoms with van der Waals surface area (Å²) in [7, 11) is 0. The first kappa shape index (κ1) is 56.4. The number of halogens is 13. The summed E-state index contributed by atoms with van der Waals surface area (Å²) >= 11 is 3.00. The Kier molecular flexibility index (Phi) is 19.4. The fourth-order valence-corrected chi connectivity index (χ4v) is 10.9. The van der Waals surface area contributed by atoms with E-state index in [9.17, 15) is 62.6 Å². The summed E-state index contributed by atoms with van der Waals surface area (Å²) in [5.41, 5.74) is -5.98. The predicted molar refractivity (Wildman–Crippen MR) is 249 cm³/mol. The highest BCUT2D eigenvalue weighted by atomic mass is 79.9. The van der Waals surface area contributed by atoms with Gasteiger partial charge >= 0.3 is 12.4 Å². The number of carbonyl (C=O) groups excluding carboxylic acids is 1. The van der Waals surface area contributed by atoms with Gasteiger partial charge in [0.1, 0.15) is 51.8 Å². The van der Waals surface area contributed by atoms with Crippen molar-refractivity contribution in [2.75, 3.05) is 13.2 Å². The molecule has 1 N–H and O–H groups in total. The summed E-state index contributed by atoms with van der Waals surface area (Å²) in [5.74, 6) is -5.98. The first-order valence-corrected chi connectivity index (χ1v) is 25.2. The molecule has 2 aliphatic heterocycles. The fraction of sp³-hybridized carbons (Fsp3) is 0.537. The molecule has 17 heteroatoms. The molecule has 390 valence electrons. The van der Waals surface area contributed by atoms with Crippen molar-refractivity contribution in [3.63, 3.8) is 0 Å². The topological polar surface area (TPSA) is 55.8 Å². The van der Waals surface area contributed by atoms with E-state index in [1.165, 1.54) is 56.4 Å². The van der Waals surface area contributed by atoms with Gasteiger partial charge in [-0.3, -0.25) is 4.79 Å². The zero-order valence-electron chi connectivity index (χ0n) is 39.6. The predicted octanol–water partition coefficient (Wildman–Crippen LogP) is 16.7. The lowest BCUT2D eigenvalue weighted by atomic mass is 9.72. The van der Waals surface area contributed by atoms with Crippen molar-refractivity contribution in [3.05, 3.63) is 117 Å². The van der Waals surface area contributed by atoms with Crippen molar-refractivity contribution in [3.8, 4) is 22.3 Å². The van der Waals surface area contributed by atoms with E-state index in [-0.39, 0.29) is 28.4 Å². The van der Waals surface area contributed by atoms with Gasteiger partial charge < -0.3 is 14.6 Å². The number of ether oxygens (including phenoxy) is 2. The van der Waals surface area contributed by atoms with Crippen molar-refractivity contribution < 1.29 is 72.1 Å². The third-order valence-electron chi connectivity index (χ3n) is 14.4. The minimum atomic E-state index is -5.20. The molecule has 2 aliphatic carbocycles. The van der Waals surface area contributed by atoms with Crippen LogP contribution < -0.4 is 0 Å². The van der Waals surface area contributed by atoms with Crippen molar-refractivity contribution >= 4 is 21.7 Å². The normalized spacial score (nSPS) is 24.4. The van der Waals surface area contributed by atoms with Crippen molar-refractivity contribution in [1.82, 2.24) is 0 Å². The van der Waals surface area contributed by atoms with Gasteiger partial charge in [-0.1, -0.05) is 60.8 Å². The van der Waals surface area contributed by atoms with E-state index in [1.807, 2.05) is 0 Å². The van der Waals surface area contributed by atoms with Crippen LogP contribution in [0.4, 0.5) is 52.7 Å². The number of carbonyl (C=O) groups is 1. The van der Waals surface area contributed by atoms with Gasteiger partial charge in [0, 0.05) is 41.7 Å². The fourth-order valence-electron chi connectivity index (χ4n) is 10.5. The standard InChI is InChI=1S/C27H30F6O2.C14H24O2.C13H5BrF6/c1-2-3-16-4-7-24(35-15-16)17-8-10-26(34,11-9-17)19-5-6-20(21(28)14-19)18-12-22(29)25(23(30)13-18)27(31,32)33;1-2-3-11-4-9-14(16-10-11)12-5-7-13(15)8-6-12;14-7-1-2-8(9(15)5-7)6-3-10(16)12(11(17)4-6)13(18,19)20/h5-6,12-14,16-17,24,34H,2-4,7-11,15H2,1H3;11-12,14H,2-10H2,1H3;1-5H. The lowest BCUT2D eigenvalue weighted by molar-refractivity contribution is -0.143. The highest BCUT2D eigenvalue weighted by molar-refractivity contribution is 9.10. The van der Waals surface area contributed by atoms with Crippen molar-refractivity contribution in [2.45, 2.75) is 147 Å². The molecule has 71 heavy (non-hydrogen) atoms. The summed E-state index contributed by atoms with van der Waals surface area (Å²) in [6.07, 6.45) is 5.98. The summed E-state index contributed by atoms with van der Waals surface area (Å²) in [4.78, 5) is 11.2. The van der Waals surface area contributed by atoms with E-state index in [4.69, 9.17) is 9.47 Å². The molecule has 4 nitrogen and oxygen atoms in total. The first-order chi connectivity index (χ1) is 33.5. The summed E-state index contributed by atoms with van der Waals surface area (Å²) in [6, 6.07) is 9.34. The number of hydrogen-bond donors (Lipinski definition) is 1. The molecule has 2 saturated heterocycles. The summed E-state index contributed by atoms with van der Waals surface area (Å²) < 4.78 is 172. The molecule has 8 rings (SSSR count). The van der Waals surface area contributed by atoms with Crippen LogP contribution in [-0.4, -0.2) is 36.3 Å². The molecule has 0 bridgehead atoms. The Morgan fingerprint density at radius 2 is 0.972 bits per heavy atom. The number of alkyl halides is 6. The molecule has 4 fully saturated rings.